The lowest BCUT2D eigenvalue weighted by Gasteiger charge is -2.19. The van der Waals surface area contributed by atoms with Crippen LogP contribution in [0.4, 0.5) is 0 Å². The van der Waals surface area contributed by atoms with E-state index in [0.29, 0.717) is 18.7 Å². The van der Waals surface area contributed by atoms with Gasteiger partial charge in [0.2, 0.25) is 0 Å². The lowest BCUT2D eigenvalue weighted by Crippen LogP contribution is -2.25. The second-order valence-corrected chi connectivity index (χ2v) is 7.41. The van der Waals surface area contributed by atoms with E-state index in [1.54, 1.807) is 21.8 Å². The second kappa shape index (κ2) is 7.30. The first-order valence-corrected chi connectivity index (χ1v) is 8.82. The minimum absolute atomic E-state index is 0.0502. The van der Waals surface area contributed by atoms with Crippen LogP contribution in [0.3, 0.4) is 0 Å². The standard InChI is InChI=1S/C18H18ClN3OS/c1-3-9-21(12-15-7-8-16(19)24-15)11-14-10-18(23)22-13(2)5-4-6-17(22)20-14/h3-8,10H,1,9,11-12H2,2H3. The number of hydrogen-bond donors (Lipinski definition) is 0. The van der Waals surface area contributed by atoms with Crippen LogP contribution in [0.25, 0.3) is 5.65 Å². The number of rotatable bonds is 6. The average molecular weight is 360 g/mol. The van der Waals surface area contributed by atoms with Gasteiger partial charge < -0.3 is 0 Å². The predicted molar refractivity (Wildman–Crippen MR) is 99.8 cm³/mol. The highest BCUT2D eigenvalue weighted by molar-refractivity contribution is 7.16. The largest absolute Gasteiger partial charge is 0.289 e. The van der Waals surface area contributed by atoms with Crippen LogP contribution in [0.2, 0.25) is 4.34 Å². The van der Waals surface area contributed by atoms with Gasteiger partial charge in [0.1, 0.15) is 5.65 Å². The molecule has 0 amide bonds. The highest BCUT2D eigenvalue weighted by Gasteiger charge is 2.11. The molecule has 24 heavy (non-hydrogen) atoms. The number of thiophene rings is 1. The Kier molecular flexibility index (Phi) is 5.14. The molecule has 0 aliphatic rings. The minimum Gasteiger partial charge on any atom is -0.289 e. The van der Waals surface area contributed by atoms with Gasteiger partial charge in [-0.2, -0.15) is 0 Å². The summed E-state index contributed by atoms with van der Waals surface area (Å²) in [6, 6.07) is 11.2. The van der Waals surface area contributed by atoms with E-state index in [1.807, 2.05) is 43.3 Å². The van der Waals surface area contributed by atoms with Crippen molar-refractivity contribution in [3.63, 3.8) is 0 Å². The molecule has 0 radical (unpaired) electrons. The molecule has 6 heteroatoms. The number of hydrogen-bond acceptors (Lipinski definition) is 4. The summed E-state index contributed by atoms with van der Waals surface area (Å²) in [6.07, 6.45) is 1.85. The zero-order chi connectivity index (χ0) is 17.1. The normalized spacial score (nSPS) is 11.3. The van der Waals surface area contributed by atoms with E-state index < -0.39 is 0 Å². The van der Waals surface area contributed by atoms with Crippen molar-refractivity contribution in [2.75, 3.05) is 6.54 Å². The molecule has 4 nitrogen and oxygen atoms in total. The number of nitrogens with zero attached hydrogens (tertiary/aromatic N) is 3. The molecule has 3 aromatic heterocycles. The summed E-state index contributed by atoms with van der Waals surface area (Å²) in [5.41, 5.74) is 2.27. The summed E-state index contributed by atoms with van der Waals surface area (Å²) in [4.78, 5) is 20.4. The highest BCUT2D eigenvalue weighted by atomic mass is 35.5. The van der Waals surface area contributed by atoms with Crippen molar-refractivity contribution >= 4 is 28.6 Å². The van der Waals surface area contributed by atoms with E-state index in [9.17, 15) is 4.79 Å². The Morgan fingerprint density at radius 2 is 2.17 bits per heavy atom. The minimum atomic E-state index is -0.0502. The van der Waals surface area contributed by atoms with Crippen LogP contribution in [-0.2, 0) is 13.1 Å². The lowest BCUT2D eigenvalue weighted by atomic mass is 10.3. The molecule has 0 unspecified atom stereocenters. The molecule has 0 atom stereocenters. The molecule has 3 rings (SSSR count). The fraction of sp³-hybridized carbons (Fsp3) is 0.222. The van der Waals surface area contributed by atoms with Gasteiger partial charge in [0, 0.05) is 36.3 Å². The summed E-state index contributed by atoms with van der Waals surface area (Å²) in [5, 5.41) is 0. The molecule has 0 saturated heterocycles. The van der Waals surface area contributed by atoms with E-state index in [4.69, 9.17) is 11.6 Å². The smallest absolute Gasteiger partial charge is 0.258 e. The Morgan fingerprint density at radius 3 is 2.88 bits per heavy atom. The Balaban J connectivity index is 1.88. The van der Waals surface area contributed by atoms with Gasteiger partial charge in [0.05, 0.1) is 10.0 Å². The predicted octanol–water partition coefficient (Wildman–Crippen LogP) is 3.91. The molecule has 0 aromatic carbocycles. The van der Waals surface area contributed by atoms with Gasteiger partial charge in [0.15, 0.2) is 0 Å². The van der Waals surface area contributed by atoms with Crippen LogP contribution < -0.4 is 5.56 Å². The molecule has 0 spiro atoms. The van der Waals surface area contributed by atoms with Gasteiger partial charge in [-0.25, -0.2) is 4.98 Å². The van der Waals surface area contributed by atoms with Gasteiger partial charge in [-0.05, 0) is 31.2 Å². The van der Waals surface area contributed by atoms with Crippen molar-refractivity contribution in [3.05, 3.63) is 80.0 Å². The molecular weight excluding hydrogens is 342 g/mol. The van der Waals surface area contributed by atoms with Crippen molar-refractivity contribution in [3.8, 4) is 0 Å². The highest BCUT2D eigenvalue weighted by Crippen LogP contribution is 2.23. The first-order chi connectivity index (χ1) is 11.6. The number of halogens is 1. The molecule has 0 bridgehead atoms. The Bertz CT molecular complexity index is 931. The molecule has 0 aliphatic carbocycles. The third-order valence-electron chi connectivity index (χ3n) is 3.71. The van der Waals surface area contributed by atoms with Crippen molar-refractivity contribution in [2.45, 2.75) is 20.0 Å². The van der Waals surface area contributed by atoms with E-state index >= 15 is 0 Å². The Morgan fingerprint density at radius 1 is 1.33 bits per heavy atom. The quantitative estimate of drug-likeness (QED) is 0.626. The zero-order valence-corrected chi connectivity index (χ0v) is 15.0. The molecule has 124 valence electrons. The SMILES string of the molecule is C=CCN(Cc1cc(=O)n2c(C)cccc2n1)Cc1ccc(Cl)s1. The molecule has 0 saturated carbocycles. The van der Waals surface area contributed by atoms with Crippen LogP contribution in [0, 0.1) is 6.92 Å². The summed E-state index contributed by atoms with van der Waals surface area (Å²) in [7, 11) is 0. The van der Waals surface area contributed by atoms with E-state index in [2.05, 4.69) is 16.5 Å². The summed E-state index contributed by atoms with van der Waals surface area (Å²) >= 11 is 7.57. The maximum atomic E-state index is 12.4. The number of aromatic nitrogens is 2. The molecule has 3 aromatic rings. The lowest BCUT2D eigenvalue weighted by molar-refractivity contribution is 0.285. The van der Waals surface area contributed by atoms with Crippen LogP contribution in [-0.4, -0.2) is 20.8 Å². The zero-order valence-electron chi connectivity index (χ0n) is 13.4. The molecule has 0 fully saturated rings. The second-order valence-electron chi connectivity index (χ2n) is 5.61. The Labute approximate surface area is 149 Å². The Hall–Kier alpha value is -1.95. The van der Waals surface area contributed by atoms with E-state index in [0.717, 1.165) is 22.3 Å². The molecule has 0 N–H and O–H groups in total. The van der Waals surface area contributed by atoms with Crippen LogP contribution >= 0.6 is 22.9 Å². The third kappa shape index (κ3) is 3.75. The van der Waals surface area contributed by atoms with E-state index in [-0.39, 0.29) is 5.56 Å². The summed E-state index contributed by atoms with van der Waals surface area (Å²) < 4.78 is 2.40. The summed E-state index contributed by atoms with van der Waals surface area (Å²) in [5.74, 6) is 0. The van der Waals surface area contributed by atoms with Crippen LogP contribution in [0.1, 0.15) is 16.3 Å². The van der Waals surface area contributed by atoms with Gasteiger partial charge >= 0.3 is 0 Å². The first-order valence-electron chi connectivity index (χ1n) is 7.62. The van der Waals surface area contributed by atoms with Gasteiger partial charge in [-0.3, -0.25) is 14.1 Å². The fourth-order valence-corrected chi connectivity index (χ4v) is 3.83. The van der Waals surface area contributed by atoms with Gasteiger partial charge in [0.25, 0.3) is 5.56 Å². The van der Waals surface area contributed by atoms with Crippen molar-refractivity contribution in [2.24, 2.45) is 0 Å². The molecule has 0 aliphatic heterocycles. The average Bonchev–Trinajstić information content (AvgIpc) is 2.92. The number of pyridine rings is 1. The molecule has 3 heterocycles. The molecular formula is C18H18ClN3OS. The van der Waals surface area contributed by atoms with Crippen molar-refractivity contribution in [1.82, 2.24) is 14.3 Å². The van der Waals surface area contributed by atoms with Gasteiger partial charge in [-0.1, -0.05) is 23.7 Å². The van der Waals surface area contributed by atoms with E-state index in [1.165, 1.54) is 4.88 Å². The topological polar surface area (TPSA) is 37.6 Å². The number of fused-ring (bicyclic) bond motifs is 1. The maximum Gasteiger partial charge on any atom is 0.258 e. The summed E-state index contributed by atoms with van der Waals surface area (Å²) in [6.45, 7) is 7.77. The number of aryl methyl sites for hydroxylation is 1. The van der Waals surface area contributed by atoms with Crippen LogP contribution in [0.15, 0.2) is 53.8 Å². The fourth-order valence-electron chi connectivity index (χ4n) is 2.70. The van der Waals surface area contributed by atoms with Gasteiger partial charge in [-0.15, -0.1) is 17.9 Å². The monoisotopic (exact) mass is 359 g/mol. The maximum absolute atomic E-state index is 12.4. The first kappa shape index (κ1) is 16.9. The van der Waals surface area contributed by atoms with Crippen molar-refractivity contribution < 1.29 is 0 Å². The van der Waals surface area contributed by atoms with Crippen LogP contribution in [0.5, 0.6) is 0 Å². The third-order valence-corrected chi connectivity index (χ3v) is 4.93. The van der Waals surface area contributed by atoms with Crippen molar-refractivity contribution in [1.29, 1.82) is 0 Å².